The molecule has 0 fully saturated rings. The van der Waals surface area contributed by atoms with E-state index in [9.17, 15) is 9.18 Å². The number of fused-ring (bicyclic) bond motifs is 1. The fraction of sp³-hybridized carbons (Fsp3) is 0.429. The molecule has 1 heterocycles. The van der Waals surface area contributed by atoms with E-state index in [1.165, 1.54) is 16.7 Å². The van der Waals surface area contributed by atoms with Crippen molar-refractivity contribution in [3.8, 4) is 0 Å². The second-order valence-corrected chi connectivity index (χ2v) is 7.85. The van der Waals surface area contributed by atoms with Crippen molar-refractivity contribution in [1.29, 1.82) is 0 Å². The summed E-state index contributed by atoms with van der Waals surface area (Å²) in [6.45, 7) is 0.0582. The van der Waals surface area contributed by atoms with Crippen molar-refractivity contribution in [3.05, 3.63) is 45.2 Å². The summed E-state index contributed by atoms with van der Waals surface area (Å²) in [6.07, 6.45) is 6.90. The number of rotatable bonds is 7. The summed E-state index contributed by atoms with van der Waals surface area (Å²) in [4.78, 5) is 24.0. The lowest BCUT2D eigenvalue weighted by Crippen LogP contribution is -2.38. The molecule has 10 heteroatoms. The lowest BCUT2D eigenvalue weighted by atomic mass is 9.84. The number of hydrogen-bond acceptors (Lipinski definition) is 6. The van der Waals surface area contributed by atoms with Crippen LogP contribution >= 0.6 is 11.6 Å². The van der Waals surface area contributed by atoms with E-state index >= 15 is 0 Å². The molecule has 166 valence electrons. The van der Waals surface area contributed by atoms with Crippen LogP contribution in [0.5, 0.6) is 0 Å². The number of unbranched alkanes of at least 4 members (excludes halogenated alkanes) is 1. The van der Waals surface area contributed by atoms with Gasteiger partial charge >= 0.3 is 0 Å². The Morgan fingerprint density at radius 3 is 2.48 bits per heavy atom. The highest BCUT2D eigenvalue weighted by Gasteiger charge is 2.17. The lowest BCUT2D eigenvalue weighted by Gasteiger charge is -2.22. The smallest absolute Gasteiger partial charge is 0.280 e. The molecule has 0 atom stereocenters. The van der Waals surface area contributed by atoms with Gasteiger partial charge in [0.25, 0.3) is 5.91 Å². The standard InChI is InChI=1S/C21H27ClFN7O/c22-17-19(25)29-18(24)16(28-17)20(31)30-21(26)27-10-4-3-5-12-8-9-13(11-23)15-7-2-1-6-14(12)15/h8-9H,1-7,10-11H2,(H4,24,25,29)(H3,26,27,30,31). The summed E-state index contributed by atoms with van der Waals surface area (Å²) in [5.74, 6) is -0.899. The molecule has 0 unspecified atom stereocenters. The Labute approximate surface area is 185 Å². The third-order valence-electron chi connectivity index (χ3n) is 5.37. The molecule has 8 nitrogen and oxygen atoms in total. The minimum atomic E-state index is -0.660. The number of nitrogen functional groups attached to an aromatic ring is 2. The first-order chi connectivity index (χ1) is 14.9. The molecule has 0 bridgehead atoms. The summed E-state index contributed by atoms with van der Waals surface area (Å²) in [6, 6.07) is 3.98. The van der Waals surface area contributed by atoms with Crippen molar-refractivity contribution in [3.63, 3.8) is 0 Å². The van der Waals surface area contributed by atoms with Gasteiger partial charge in [-0.15, -0.1) is 0 Å². The molecule has 1 amide bonds. The predicted octanol–water partition coefficient (Wildman–Crippen LogP) is 2.71. The number of halogens is 2. The molecule has 1 aliphatic rings. The molecule has 2 aromatic rings. The fourth-order valence-corrected chi connectivity index (χ4v) is 3.95. The first-order valence-corrected chi connectivity index (χ1v) is 10.7. The normalized spacial score (nSPS) is 13.7. The van der Waals surface area contributed by atoms with Crippen molar-refractivity contribution in [2.24, 2.45) is 10.7 Å². The first kappa shape index (κ1) is 22.7. The Hall–Kier alpha value is -2.94. The van der Waals surface area contributed by atoms with E-state index in [-0.39, 0.29) is 28.4 Å². The molecular weight excluding hydrogens is 421 g/mol. The van der Waals surface area contributed by atoms with Gasteiger partial charge in [-0.25, -0.2) is 14.4 Å². The maximum absolute atomic E-state index is 13.2. The highest BCUT2D eigenvalue weighted by molar-refractivity contribution is 6.31. The van der Waals surface area contributed by atoms with Gasteiger partial charge < -0.3 is 17.2 Å². The van der Waals surface area contributed by atoms with E-state index in [1.54, 1.807) is 0 Å². The summed E-state index contributed by atoms with van der Waals surface area (Å²) in [5, 5.41) is 2.30. The van der Waals surface area contributed by atoms with Crippen molar-refractivity contribution < 1.29 is 9.18 Å². The number of alkyl halides is 1. The number of benzene rings is 1. The molecule has 7 N–H and O–H groups in total. The van der Waals surface area contributed by atoms with Gasteiger partial charge in [0.1, 0.15) is 6.67 Å². The van der Waals surface area contributed by atoms with Gasteiger partial charge in [-0.05, 0) is 67.2 Å². The number of nitrogens with zero attached hydrogens (tertiary/aromatic N) is 3. The van der Waals surface area contributed by atoms with Gasteiger partial charge in [-0.1, -0.05) is 23.7 Å². The summed E-state index contributed by atoms with van der Waals surface area (Å²) < 4.78 is 13.2. The van der Waals surface area contributed by atoms with E-state index in [0.717, 1.165) is 50.5 Å². The first-order valence-electron chi connectivity index (χ1n) is 10.3. The van der Waals surface area contributed by atoms with Crippen LogP contribution in [0.25, 0.3) is 0 Å². The molecule has 1 aliphatic carbocycles. The van der Waals surface area contributed by atoms with Gasteiger partial charge in [-0.2, -0.15) is 0 Å². The van der Waals surface area contributed by atoms with E-state index in [0.29, 0.717) is 6.54 Å². The summed E-state index contributed by atoms with van der Waals surface area (Å²) in [5.41, 5.74) is 21.4. The van der Waals surface area contributed by atoms with Crippen molar-refractivity contribution >= 4 is 35.1 Å². The minimum absolute atomic E-state index is 0.0381. The number of anilines is 2. The van der Waals surface area contributed by atoms with E-state index in [2.05, 4.69) is 26.3 Å². The number of amides is 1. The van der Waals surface area contributed by atoms with Crippen molar-refractivity contribution in [2.45, 2.75) is 51.6 Å². The van der Waals surface area contributed by atoms with Crippen LogP contribution in [0.3, 0.4) is 0 Å². The Kier molecular flexibility index (Phi) is 7.62. The Morgan fingerprint density at radius 1 is 1.10 bits per heavy atom. The number of carbonyl (C=O) groups is 1. The third kappa shape index (κ3) is 5.61. The zero-order valence-electron chi connectivity index (χ0n) is 17.3. The number of nitrogens with two attached hydrogens (primary N) is 3. The van der Waals surface area contributed by atoms with Crippen LogP contribution in [-0.2, 0) is 25.9 Å². The second-order valence-electron chi connectivity index (χ2n) is 7.49. The molecule has 31 heavy (non-hydrogen) atoms. The van der Waals surface area contributed by atoms with E-state index in [1.807, 2.05) is 6.07 Å². The molecule has 0 spiro atoms. The number of aromatic nitrogens is 2. The van der Waals surface area contributed by atoms with Crippen LogP contribution in [0.4, 0.5) is 16.0 Å². The van der Waals surface area contributed by atoms with E-state index in [4.69, 9.17) is 28.8 Å². The minimum Gasteiger partial charge on any atom is -0.382 e. The highest BCUT2D eigenvalue weighted by Crippen LogP contribution is 2.29. The van der Waals surface area contributed by atoms with Gasteiger partial charge in [0.05, 0.1) is 0 Å². The van der Waals surface area contributed by atoms with Gasteiger partial charge in [0.2, 0.25) is 0 Å². The van der Waals surface area contributed by atoms with Crippen molar-refractivity contribution in [2.75, 3.05) is 18.0 Å². The highest BCUT2D eigenvalue weighted by atomic mass is 35.5. The zero-order valence-corrected chi connectivity index (χ0v) is 18.0. The van der Waals surface area contributed by atoms with Crippen LogP contribution in [0.15, 0.2) is 17.1 Å². The van der Waals surface area contributed by atoms with Crippen LogP contribution in [0.1, 0.15) is 58.4 Å². The second kappa shape index (κ2) is 10.4. The number of carbonyl (C=O) groups excluding carboxylic acids is 1. The van der Waals surface area contributed by atoms with Gasteiger partial charge in [0, 0.05) is 6.54 Å². The Balaban J connectivity index is 1.50. The number of hydrogen-bond donors (Lipinski definition) is 4. The van der Waals surface area contributed by atoms with Crippen LogP contribution in [-0.4, -0.2) is 28.4 Å². The number of guanidine groups is 1. The monoisotopic (exact) mass is 447 g/mol. The Morgan fingerprint density at radius 2 is 1.77 bits per heavy atom. The third-order valence-corrected chi connectivity index (χ3v) is 5.65. The lowest BCUT2D eigenvalue weighted by molar-refractivity contribution is 0.0972. The van der Waals surface area contributed by atoms with E-state index < -0.39 is 12.6 Å². The van der Waals surface area contributed by atoms with Crippen LogP contribution < -0.4 is 22.5 Å². The average Bonchev–Trinajstić information content (AvgIpc) is 2.75. The fourth-order valence-electron chi connectivity index (χ4n) is 3.83. The molecule has 0 aliphatic heterocycles. The van der Waals surface area contributed by atoms with Gasteiger partial charge in [0.15, 0.2) is 28.4 Å². The predicted molar refractivity (Wildman–Crippen MR) is 121 cm³/mol. The maximum atomic E-state index is 13.2. The molecule has 0 saturated carbocycles. The SMILES string of the molecule is NC(=NCCCCc1ccc(CF)c2c1CCCC2)NC(=O)c1nc(Cl)c(N)nc1N. The van der Waals surface area contributed by atoms with Crippen LogP contribution in [0, 0.1) is 0 Å². The number of nitrogens with one attached hydrogen (secondary N) is 1. The molecule has 0 radical (unpaired) electrons. The van der Waals surface area contributed by atoms with Crippen molar-refractivity contribution in [1.82, 2.24) is 15.3 Å². The summed E-state index contributed by atoms with van der Waals surface area (Å²) in [7, 11) is 0. The molecule has 1 aromatic carbocycles. The average molecular weight is 448 g/mol. The molecule has 1 aromatic heterocycles. The van der Waals surface area contributed by atoms with Gasteiger partial charge in [-0.3, -0.25) is 15.1 Å². The summed E-state index contributed by atoms with van der Waals surface area (Å²) >= 11 is 5.78. The Bertz CT molecular complexity index is 996. The van der Waals surface area contributed by atoms with Crippen LogP contribution in [0.2, 0.25) is 5.15 Å². The zero-order chi connectivity index (χ0) is 22.4. The molecule has 0 saturated heterocycles. The quantitative estimate of drug-likeness (QED) is 0.291. The molecular formula is C21H27ClFN7O. The number of aliphatic imine (C=N–C) groups is 1. The topological polar surface area (TPSA) is 145 Å². The maximum Gasteiger partial charge on any atom is 0.280 e. The largest absolute Gasteiger partial charge is 0.382 e. The molecule has 3 rings (SSSR count). The number of aryl methyl sites for hydroxylation is 1.